The van der Waals surface area contributed by atoms with Gasteiger partial charge < -0.3 is 4.74 Å². The van der Waals surface area contributed by atoms with E-state index >= 15 is 0 Å². The van der Waals surface area contributed by atoms with Crippen LogP contribution in [0, 0.1) is 12.7 Å². The zero-order valence-electron chi connectivity index (χ0n) is 14.1. The van der Waals surface area contributed by atoms with Crippen LogP contribution >= 0.6 is 11.3 Å². The molecule has 0 spiro atoms. The van der Waals surface area contributed by atoms with E-state index in [9.17, 15) is 9.18 Å². The third-order valence-corrected chi connectivity index (χ3v) is 5.59. The van der Waals surface area contributed by atoms with Gasteiger partial charge in [-0.15, -0.1) is 11.3 Å². The van der Waals surface area contributed by atoms with Crippen molar-refractivity contribution in [3.63, 3.8) is 0 Å². The number of hydrogen-bond acceptors (Lipinski definition) is 4. The zero-order chi connectivity index (χ0) is 17.6. The van der Waals surface area contributed by atoms with E-state index in [1.165, 1.54) is 12.1 Å². The molecule has 4 rings (SSSR count). The standard InChI is InChI=1S/C20H18FNO2S/c1-3-24-20(23)16-15(12-6-8-14(21)9-7-12)19-17(11(2)10-25-19)22-18(16)13-4-5-13/h6-10,13H,3-5H2,1-2H3. The maximum Gasteiger partial charge on any atom is 0.340 e. The van der Waals surface area contributed by atoms with E-state index in [2.05, 4.69) is 5.38 Å². The number of fused-ring (bicyclic) bond motifs is 1. The Morgan fingerprint density at radius 2 is 2.04 bits per heavy atom. The van der Waals surface area contributed by atoms with Crippen molar-refractivity contribution in [3.05, 3.63) is 52.3 Å². The van der Waals surface area contributed by atoms with Crippen LogP contribution in [0.4, 0.5) is 4.39 Å². The van der Waals surface area contributed by atoms with Crippen molar-refractivity contribution in [1.29, 1.82) is 0 Å². The number of rotatable bonds is 4. The SMILES string of the molecule is CCOC(=O)c1c(C2CC2)nc2c(C)csc2c1-c1ccc(F)cc1. The van der Waals surface area contributed by atoms with Gasteiger partial charge in [-0.05, 0) is 55.3 Å². The molecule has 0 amide bonds. The van der Waals surface area contributed by atoms with Gasteiger partial charge in [-0.3, -0.25) is 4.98 Å². The number of aromatic nitrogens is 1. The molecule has 2 heterocycles. The van der Waals surface area contributed by atoms with Crippen LogP contribution in [0.15, 0.2) is 29.6 Å². The van der Waals surface area contributed by atoms with Crippen molar-refractivity contribution < 1.29 is 13.9 Å². The molecule has 0 bridgehead atoms. The summed E-state index contributed by atoms with van der Waals surface area (Å²) in [5.41, 5.74) is 5.04. The van der Waals surface area contributed by atoms with E-state index in [1.54, 1.807) is 30.4 Å². The smallest absolute Gasteiger partial charge is 0.340 e. The fraction of sp³-hybridized carbons (Fsp3) is 0.300. The molecule has 3 aromatic rings. The highest BCUT2D eigenvalue weighted by Crippen LogP contribution is 2.46. The number of hydrogen-bond donors (Lipinski definition) is 0. The van der Waals surface area contributed by atoms with Gasteiger partial charge in [0.2, 0.25) is 0 Å². The maximum absolute atomic E-state index is 13.4. The summed E-state index contributed by atoms with van der Waals surface area (Å²) in [5, 5.41) is 2.05. The normalized spacial score (nSPS) is 14.0. The number of ether oxygens (including phenoxy) is 1. The van der Waals surface area contributed by atoms with Crippen molar-refractivity contribution in [2.75, 3.05) is 6.61 Å². The van der Waals surface area contributed by atoms with Crippen LogP contribution in [0.2, 0.25) is 0 Å². The Morgan fingerprint density at radius 3 is 2.68 bits per heavy atom. The minimum absolute atomic E-state index is 0.295. The number of nitrogens with zero attached hydrogens (tertiary/aromatic N) is 1. The number of carbonyl (C=O) groups excluding carboxylic acids is 1. The summed E-state index contributed by atoms with van der Waals surface area (Å²) >= 11 is 1.57. The molecular formula is C20H18FNO2S. The van der Waals surface area contributed by atoms with Gasteiger partial charge in [0.1, 0.15) is 5.82 Å². The van der Waals surface area contributed by atoms with Gasteiger partial charge in [0.25, 0.3) is 0 Å². The van der Waals surface area contributed by atoms with Crippen LogP contribution in [-0.4, -0.2) is 17.6 Å². The first-order chi connectivity index (χ1) is 12.1. The average Bonchev–Trinajstić information content (AvgIpc) is 3.38. The molecule has 1 aromatic carbocycles. The van der Waals surface area contributed by atoms with E-state index in [0.717, 1.165) is 45.4 Å². The quantitative estimate of drug-likeness (QED) is 0.583. The van der Waals surface area contributed by atoms with Crippen LogP contribution in [-0.2, 0) is 4.74 Å². The number of halogens is 1. The van der Waals surface area contributed by atoms with Gasteiger partial charge in [0, 0.05) is 11.5 Å². The molecule has 0 saturated heterocycles. The van der Waals surface area contributed by atoms with Crippen LogP contribution in [0.25, 0.3) is 21.3 Å². The Balaban J connectivity index is 2.06. The Kier molecular flexibility index (Phi) is 4.04. The first-order valence-electron chi connectivity index (χ1n) is 8.45. The van der Waals surface area contributed by atoms with Gasteiger partial charge in [0.15, 0.2) is 0 Å². The molecule has 0 unspecified atom stereocenters. The first kappa shape index (κ1) is 16.2. The van der Waals surface area contributed by atoms with Crippen molar-refractivity contribution >= 4 is 27.5 Å². The molecule has 2 aromatic heterocycles. The summed E-state index contributed by atoms with van der Waals surface area (Å²) in [6.07, 6.45) is 2.08. The van der Waals surface area contributed by atoms with E-state index in [1.807, 2.05) is 6.92 Å². The van der Waals surface area contributed by atoms with Crippen LogP contribution in [0.1, 0.15) is 47.3 Å². The lowest BCUT2D eigenvalue weighted by molar-refractivity contribution is 0.0525. The number of benzene rings is 1. The molecule has 25 heavy (non-hydrogen) atoms. The molecule has 3 nitrogen and oxygen atoms in total. The molecule has 0 atom stereocenters. The second-order valence-electron chi connectivity index (χ2n) is 6.35. The molecule has 5 heteroatoms. The van der Waals surface area contributed by atoms with E-state index < -0.39 is 0 Å². The second kappa shape index (κ2) is 6.23. The minimum atomic E-state index is -0.343. The maximum atomic E-state index is 13.4. The fourth-order valence-electron chi connectivity index (χ4n) is 3.13. The second-order valence-corrected chi connectivity index (χ2v) is 7.22. The highest BCUT2D eigenvalue weighted by molar-refractivity contribution is 7.18. The van der Waals surface area contributed by atoms with Gasteiger partial charge in [-0.1, -0.05) is 12.1 Å². The summed E-state index contributed by atoms with van der Waals surface area (Å²) in [7, 11) is 0. The summed E-state index contributed by atoms with van der Waals surface area (Å²) in [6.45, 7) is 4.14. The summed E-state index contributed by atoms with van der Waals surface area (Å²) in [4.78, 5) is 17.6. The number of aryl methyl sites for hydroxylation is 1. The van der Waals surface area contributed by atoms with Gasteiger partial charge >= 0.3 is 5.97 Å². The van der Waals surface area contributed by atoms with Crippen molar-refractivity contribution in [3.8, 4) is 11.1 Å². The predicted octanol–water partition coefficient (Wildman–Crippen LogP) is 5.46. The van der Waals surface area contributed by atoms with Gasteiger partial charge in [0.05, 0.1) is 28.1 Å². The van der Waals surface area contributed by atoms with Crippen LogP contribution < -0.4 is 0 Å². The monoisotopic (exact) mass is 355 g/mol. The lowest BCUT2D eigenvalue weighted by Crippen LogP contribution is -2.12. The third-order valence-electron chi connectivity index (χ3n) is 4.48. The largest absolute Gasteiger partial charge is 0.462 e. The molecule has 1 fully saturated rings. The Hall–Kier alpha value is -2.27. The molecular weight excluding hydrogens is 337 g/mol. The molecule has 1 aliphatic rings. The Labute approximate surface area is 149 Å². The Morgan fingerprint density at radius 1 is 1.32 bits per heavy atom. The van der Waals surface area contributed by atoms with Crippen molar-refractivity contribution in [2.24, 2.45) is 0 Å². The molecule has 1 aliphatic carbocycles. The third kappa shape index (κ3) is 2.82. The lowest BCUT2D eigenvalue weighted by Gasteiger charge is -2.15. The zero-order valence-corrected chi connectivity index (χ0v) is 15.0. The molecule has 1 saturated carbocycles. The summed E-state index contributed by atoms with van der Waals surface area (Å²) in [6, 6.07) is 6.29. The Bertz CT molecular complexity index is 958. The fourth-order valence-corrected chi connectivity index (χ4v) is 4.19. The topological polar surface area (TPSA) is 39.2 Å². The summed E-state index contributed by atoms with van der Waals surface area (Å²) in [5.74, 6) is -0.331. The minimum Gasteiger partial charge on any atom is -0.462 e. The summed E-state index contributed by atoms with van der Waals surface area (Å²) < 4.78 is 19.7. The average molecular weight is 355 g/mol. The number of pyridine rings is 1. The van der Waals surface area contributed by atoms with Crippen LogP contribution in [0.5, 0.6) is 0 Å². The lowest BCUT2D eigenvalue weighted by atomic mass is 9.96. The van der Waals surface area contributed by atoms with E-state index in [4.69, 9.17) is 9.72 Å². The first-order valence-corrected chi connectivity index (χ1v) is 9.32. The molecule has 128 valence electrons. The van der Waals surface area contributed by atoms with E-state index in [0.29, 0.717) is 18.1 Å². The van der Waals surface area contributed by atoms with Crippen LogP contribution in [0.3, 0.4) is 0 Å². The van der Waals surface area contributed by atoms with Gasteiger partial charge in [-0.25, -0.2) is 9.18 Å². The van der Waals surface area contributed by atoms with Gasteiger partial charge in [-0.2, -0.15) is 0 Å². The molecule has 0 radical (unpaired) electrons. The highest BCUT2D eigenvalue weighted by atomic mass is 32.1. The highest BCUT2D eigenvalue weighted by Gasteiger charge is 2.34. The van der Waals surface area contributed by atoms with Crippen molar-refractivity contribution in [1.82, 2.24) is 4.98 Å². The van der Waals surface area contributed by atoms with Crippen molar-refractivity contribution in [2.45, 2.75) is 32.6 Å². The number of esters is 1. The number of thiophene rings is 1. The number of carbonyl (C=O) groups is 1. The predicted molar refractivity (Wildman–Crippen MR) is 97.7 cm³/mol. The molecule has 0 aliphatic heterocycles. The molecule has 0 N–H and O–H groups in total. The van der Waals surface area contributed by atoms with E-state index in [-0.39, 0.29) is 11.8 Å².